The van der Waals surface area contributed by atoms with Crippen LogP contribution in [0.5, 0.6) is 0 Å². The Labute approximate surface area is 204 Å². The first-order chi connectivity index (χ1) is 15.8. The lowest BCUT2D eigenvalue weighted by atomic mass is 9.93. The number of aryl methyl sites for hydroxylation is 1. The molecule has 3 rings (SSSR count). The molecule has 0 aromatic heterocycles. The first-order valence-corrected chi connectivity index (χ1v) is 12.4. The zero-order valence-corrected chi connectivity index (χ0v) is 21.6. The number of nitrogens with one attached hydrogen (secondary N) is 2. The van der Waals surface area contributed by atoms with Crippen molar-refractivity contribution in [2.45, 2.75) is 90.4 Å². The predicted molar refractivity (Wildman–Crippen MR) is 138 cm³/mol. The molecule has 2 aromatic rings. The Morgan fingerprint density at radius 1 is 1.03 bits per heavy atom. The lowest BCUT2D eigenvalue weighted by Crippen LogP contribution is -2.51. The molecule has 1 saturated heterocycles. The largest absolute Gasteiger partial charge is 0.392 e. The molecule has 2 amide bonds. The third kappa shape index (κ3) is 7.03. The Bertz CT molecular complexity index is 1020. The van der Waals surface area contributed by atoms with Crippen LogP contribution in [0, 0.1) is 0 Å². The second kappa shape index (κ2) is 10.4. The monoisotopic (exact) mass is 467 g/mol. The highest BCUT2D eigenvalue weighted by atomic mass is 16.3. The van der Waals surface area contributed by atoms with Crippen molar-refractivity contribution in [2.24, 2.45) is 0 Å². The van der Waals surface area contributed by atoms with Gasteiger partial charge in [-0.1, -0.05) is 36.4 Å². The minimum absolute atomic E-state index is 0.0351. The number of hydrogen-bond acceptors (Lipinski definition) is 4. The summed E-state index contributed by atoms with van der Waals surface area (Å²) in [5.41, 5.74) is 1.000. The number of fused-ring (bicyclic) bond motifs is 1. The van der Waals surface area contributed by atoms with Gasteiger partial charge in [0.15, 0.2) is 0 Å². The van der Waals surface area contributed by atoms with E-state index in [4.69, 9.17) is 0 Å². The normalized spacial score (nSPS) is 18.1. The van der Waals surface area contributed by atoms with E-state index >= 15 is 0 Å². The van der Waals surface area contributed by atoms with Gasteiger partial charge in [0.1, 0.15) is 0 Å². The summed E-state index contributed by atoms with van der Waals surface area (Å²) in [7, 11) is 0. The highest BCUT2D eigenvalue weighted by molar-refractivity contribution is 6.08. The molecule has 0 saturated carbocycles. The zero-order chi connectivity index (χ0) is 25.1. The first kappa shape index (κ1) is 26.2. The van der Waals surface area contributed by atoms with Gasteiger partial charge in [0.25, 0.3) is 5.91 Å². The van der Waals surface area contributed by atoms with Crippen LogP contribution in [-0.2, 0) is 11.2 Å². The van der Waals surface area contributed by atoms with Gasteiger partial charge in [-0.15, -0.1) is 0 Å². The number of amides is 2. The minimum atomic E-state index is -0.576. The summed E-state index contributed by atoms with van der Waals surface area (Å²) < 4.78 is 0. The van der Waals surface area contributed by atoms with E-state index in [1.54, 1.807) is 0 Å². The lowest BCUT2D eigenvalue weighted by molar-refractivity contribution is -0.127. The maximum absolute atomic E-state index is 13.2. The molecule has 1 fully saturated rings. The average molecular weight is 468 g/mol. The van der Waals surface area contributed by atoms with Crippen LogP contribution in [0.2, 0.25) is 0 Å². The fraction of sp³-hybridized carbons (Fsp3) is 0.571. The van der Waals surface area contributed by atoms with Crippen LogP contribution in [0.15, 0.2) is 36.4 Å². The van der Waals surface area contributed by atoms with Gasteiger partial charge in [0, 0.05) is 17.6 Å². The van der Waals surface area contributed by atoms with Gasteiger partial charge in [0.05, 0.1) is 17.7 Å². The second-order valence-corrected chi connectivity index (χ2v) is 11.6. The zero-order valence-electron chi connectivity index (χ0n) is 21.6. The quantitative estimate of drug-likeness (QED) is 0.574. The fourth-order valence-electron chi connectivity index (χ4n) is 4.67. The molecular weight excluding hydrogens is 426 g/mol. The van der Waals surface area contributed by atoms with Gasteiger partial charge in [-0.3, -0.25) is 14.5 Å². The summed E-state index contributed by atoms with van der Waals surface area (Å²) in [6.07, 6.45) is 2.31. The van der Waals surface area contributed by atoms with E-state index in [9.17, 15) is 14.7 Å². The lowest BCUT2D eigenvalue weighted by Gasteiger charge is -2.29. The van der Waals surface area contributed by atoms with E-state index in [-0.39, 0.29) is 28.9 Å². The van der Waals surface area contributed by atoms with Crippen molar-refractivity contribution in [1.29, 1.82) is 0 Å². The molecule has 34 heavy (non-hydrogen) atoms. The van der Waals surface area contributed by atoms with Gasteiger partial charge in [-0.25, -0.2) is 0 Å². The fourth-order valence-corrected chi connectivity index (χ4v) is 4.67. The van der Waals surface area contributed by atoms with Crippen molar-refractivity contribution < 1.29 is 14.7 Å². The summed E-state index contributed by atoms with van der Waals surface area (Å²) in [6.45, 7) is 13.1. The molecule has 3 N–H and O–H groups in total. The van der Waals surface area contributed by atoms with Crippen LogP contribution >= 0.6 is 0 Å². The van der Waals surface area contributed by atoms with E-state index in [2.05, 4.69) is 15.5 Å². The second-order valence-electron chi connectivity index (χ2n) is 11.6. The summed E-state index contributed by atoms with van der Waals surface area (Å²) in [6, 6.07) is 11.8. The Kier molecular flexibility index (Phi) is 8.04. The van der Waals surface area contributed by atoms with Crippen molar-refractivity contribution in [3.8, 4) is 0 Å². The van der Waals surface area contributed by atoms with Gasteiger partial charge in [-0.05, 0) is 90.1 Å². The number of hydrogen-bond donors (Lipinski definition) is 3. The van der Waals surface area contributed by atoms with Gasteiger partial charge >= 0.3 is 0 Å². The van der Waals surface area contributed by atoms with Crippen LogP contribution in [0.1, 0.15) is 76.7 Å². The number of carbonyl (C=O) groups excluding carboxylic acids is 2. The number of benzene rings is 2. The molecule has 1 aliphatic heterocycles. The Balaban J connectivity index is 1.71. The SMILES string of the molecule is CC(C)(C)NC(=O)c1c(CC[C@H](O)CN2CCC[C@H]2C(=O)NC(C)(C)C)ccc2ccccc12. The molecule has 0 unspecified atom stereocenters. The van der Waals surface area contributed by atoms with E-state index in [0.29, 0.717) is 24.9 Å². The van der Waals surface area contributed by atoms with Crippen LogP contribution in [0.3, 0.4) is 0 Å². The van der Waals surface area contributed by atoms with Crippen LogP contribution < -0.4 is 10.6 Å². The number of aliphatic hydroxyl groups is 1. The van der Waals surface area contributed by atoms with E-state index < -0.39 is 6.10 Å². The van der Waals surface area contributed by atoms with E-state index in [1.807, 2.05) is 77.9 Å². The third-order valence-electron chi connectivity index (χ3n) is 6.09. The van der Waals surface area contributed by atoms with Crippen molar-refractivity contribution in [2.75, 3.05) is 13.1 Å². The molecule has 0 radical (unpaired) electrons. The van der Waals surface area contributed by atoms with Crippen LogP contribution in [0.4, 0.5) is 0 Å². The molecule has 2 aromatic carbocycles. The van der Waals surface area contributed by atoms with Crippen molar-refractivity contribution in [1.82, 2.24) is 15.5 Å². The van der Waals surface area contributed by atoms with E-state index in [1.165, 1.54) is 0 Å². The maximum atomic E-state index is 13.2. The topological polar surface area (TPSA) is 81.7 Å². The number of aliphatic hydroxyl groups excluding tert-OH is 1. The Hall–Kier alpha value is -2.44. The number of rotatable bonds is 7. The van der Waals surface area contributed by atoms with Crippen LogP contribution in [-0.4, -0.2) is 58.1 Å². The molecule has 186 valence electrons. The molecule has 2 atom stereocenters. The van der Waals surface area contributed by atoms with Crippen molar-refractivity contribution >= 4 is 22.6 Å². The molecule has 0 spiro atoms. The molecule has 6 heteroatoms. The number of β-amino-alcohol motifs (C(OH)–C–C–N with tert-alkyl or cyclic N) is 1. The highest BCUT2D eigenvalue weighted by Crippen LogP contribution is 2.25. The van der Waals surface area contributed by atoms with E-state index in [0.717, 1.165) is 35.7 Å². The van der Waals surface area contributed by atoms with Gasteiger partial charge in [-0.2, -0.15) is 0 Å². The van der Waals surface area contributed by atoms with Gasteiger partial charge < -0.3 is 15.7 Å². The number of likely N-dealkylation sites (tertiary alicyclic amines) is 1. The minimum Gasteiger partial charge on any atom is -0.392 e. The van der Waals surface area contributed by atoms with Crippen LogP contribution in [0.25, 0.3) is 10.8 Å². The highest BCUT2D eigenvalue weighted by Gasteiger charge is 2.33. The molecule has 0 bridgehead atoms. The number of nitrogens with zero attached hydrogens (tertiary/aromatic N) is 1. The third-order valence-corrected chi connectivity index (χ3v) is 6.09. The Morgan fingerprint density at radius 2 is 1.71 bits per heavy atom. The average Bonchev–Trinajstić information content (AvgIpc) is 3.17. The first-order valence-electron chi connectivity index (χ1n) is 12.4. The summed E-state index contributed by atoms with van der Waals surface area (Å²) >= 11 is 0. The molecule has 1 aliphatic rings. The number of carbonyl (C=O) groups is 2. The smallest absolute Gasteiger partial charge is 0.252 e. The summed E-state index contributed by atoms with van der Waals surface area (Å²) in [4.78, 5) is 28.0. The maximum Gasteiger partial charge on any atom is 0.252 e. The van der Waals surface area contributed by atoms with Crippen molar-refractivity contribution in [3.63, 3.8) is 0 Å². The van der Waals surface area contributed by atoms with Crippen molar-refractivity contribution in [3.05, 3.63) is 47.5 Å². The Morgan fingerprint density at radius 3 is 2.38 bits per heavy atom. The summed E-state index contributed by atoms with van der Waals surface area (Å²) in [5.74, 6) is -0.0554. The molecule has 0 aliphatic carbocycles. The molecule has 1 heterocycles. The molecular formula is C28H41N3O3. The molecule has 6 nitrogen and oxygen atoms in total. The van der Waals surface area contributed by atoms with Gasteiger partial charge in [0.2, 0.25) is 5.91 Å². The standard InChI is InChI=1S/C28H41N3O3/c1-27(2,3)29-25(33)23-12-9-17-31(23)18-21(32)16-15-20-14-13-19-10-7-8-11-22(19)24(20)26(34)30-28(4,5)6/h7-8,10-11,13-14,21,23,32H,9,12,15-18H2,1-6H3,(H,29,33)(H,30,34)/t21-,23-/m0/s1. The predicted octanol–water partition coefficient (Wildman–Crippen LogP) is 4.04. The summed E-state index contributed by atoms with van der Waals surface area (Å²) in [5, 5.41) is 19.0.